The van der Waals surface area contributed by atoms with E-state index in [1.165, 1.54) is 11.3 Å². The number of hydrogen-bond acceptors (Lipinski definition) is 5. The van der Waals surface area contributed by atoms with Crippen molar-refractivity contribution in [2.24, 2.45) is 5.10 Å². The van der Waals surface area contributed by atoms with Crippen molar-refractivity contribution in [3.05, 3.63) is 100 Å². The van der Waals surface area contributed by atoms with Gasteiger partial charge in [0.1, 0.15) is 12.4 Å². The van der Waals surface area contributed by atoms with Crippen molar-refractivity contribution in [1.82, 2.24) is 4.98 Å². The molecule has 4 aromatic rings. The highest BCUT2D eigenvalue weighted by Gasteiger charge is 2.04. The monoisotopic (exact) mass is 419 g/mol. The van der Waals surface area contributed by atoms with Crippen LogP contribution in [-0.2, 0) is 6.61 Å². The third kappa shape index (κ3) is 5.22. The summed E-state index contributed by atoms with van der Waals surface area (Å²) >= 11 is 7.44. The lowest BCUT2D eigenvalue weighted by atomic mass is 10.2. The van der Waals surface area contributed by atoms with E-state index in [0.29, 0.717) is 11.6 Å². The largest absolute Gasteiger partial charge is 0.488 e. The average molecular weight is 420 g/mol. The Morgan fingerprint density at radius 2 is 1.72 bits per heavy atom. The van der Waals surface area contributed by atoms with Gasteiger partial charge in [0, 0.05) is 21.5 Å². The molecule has 4 nitrogen and oxygen atoms in total. The van der Waals surface area contributed by atoms with Crippen molar-refractivity contribution >= 4 is 34.3 Å². The Labute approximate surface area is 178 Å². The molecule has 6 heteroatoms. The number of hydrogen-bond donors (Lipinski definition) is 1. The molecule has 1 heterocycles. The van der Waals surface area contributed by atoms with Gasteiger partial charge in [-0.1, -0.05) is 66.2 Å². The molecule has 4 rings (SSSR count). The number of hydrazone groups is 1. The Hall–Kier alpha value is -3.15. The highest BCUT2D eigenvalue weighted by atomic mass is 35.5. The Balaban J connectivity index is 1.40. The molecule has 0 unspecified atom stereocenters. The van der Waals surface area contributed by atoms with Gasteiger partial charge in [-0.2, -0.15) is 5.10 Å². The van der Waals surface area contributed by atoms with Crippen LogP contribution in [0.25, 0.3) is 11.3 Å². The van der Waals surface area contributed by atoms with Crippen LogP contribution in [0.3, 0.4) is 0 Å². The molecule has 3 aromatic carbocycles. The minimum absolute atomic E-state index is 0.461. The van der Waals surface area contributed by atoms with Crippen molar-refractivity contribution in [3.63, 3.8) is 0 Å². The predicted octanol–water partition coefficient (Wildman–Crippen LogP) is 6.49. The normalized spacial score (nSPS) is 10.9. The van der Waals surface area contributed by atoms with Gasteiger partial charge in [0.05, 0.1) is 11.9 Å². The molecule has 0 bridgehead atoms. The smallest absolute Gasteiger partial charge is 0.203 e. The van der Waals surface area contributed by atoms with Gasteiger partial charge in [0.2, 0.25) is 5.13 Å². The van der Waals surface area contributed by atoms with E-state index in [2.05, 4.69) is 15.5 Å². The molecular weight excluding hydrogens is 402 g/mol. The van der Waals surface area contributed by atoms with Crippen LogP contribution in [0.1, 0.15) is 11.1 Å². The lowest BCUT2D eigenvalue weighted by molar-refractivity contribution is 0.306. The quantitative estimate of drug-likeness (QED) is 0.275. The summed E-state index contributed by atoms with van der Waals surface area (Å²) in [6.07, 6.45) is 1.74. The number of halogens is 1. The molecule has 0 fully saturated rings. The third-order valence-electron chi connectivity index (χ3n) is 4.16. The van der Waals surface area contributed by atoms with E-state index >= 15 is 0 Å². The van der Waals surface area contributed by atoms with Crippen LogP contribution in [0.4, 0.5) is 5.13 Å². The zero-order valence-corrected chi connectivity index (χ0v) is 17.0. The van der Waals surface area contributed by atoms with Gasteiger partial charge in [-0.3, -0.25) is 5.43 Å². The molecule has 29 heavy (non-hydrogen) atoms. The zero-order valence-electron chi connectivity index (χ0n) is 15.5. The molecular formula is C23H18ClN3OS. The van der Waals surface area contributed by atoms with E-state index in [-0.39, 0.29) is 0 Å². The summed E-state index contributed by atoms with van der Waals surface area (Å²) in [6, 6.07) is 25.5. The maximum Gasteiger partial charge on any atom is 0.203 e. The van der Waals surface area contributed by atoms with Crippen LogP contribution < -0.4 is 10.2 Å². The summed E-state index contributed by atoms with van der Waals surface area (Å²) < 4.78 is 5.95. The van der Waals surface area contributed by atoms with E-state index in [4.69, 9.17) is 16.3 Å². The first-order chi connectivity index (χ1) is 14.3. The minimum atomic E-state index is 0.461. The van der Waals surface area contributed by atoms with Gasteiger partial charge >= 0.3 is 0 Å². The van der Waals surface area contributed by atoms with Gasteiger partial charge in [0.25, 0.3) is 0 Å². The first kappa shape index (κ1) is 19.2. The van der Waals surface area contributed by atoms with Gasteiger partial charge in [-0.05, 0) is 29.8 Å². The van der Waals surface area contributed by atoms with Gasteiger partial charge in [0.15, 0.2) is 0 Å². The Morgan fingerprint density at radius 3 is 2.55 bits per heavy atom. The number of rotatable bonds is 7. The summed E-state index contributed by atoms with van der Waals surface area (Å²) in [5, 5.41) is 7.78. The third-order valence-corrected chi connectivity index (χ3v) is 5.16. The number of benzene rings is 3. The molecule has 0 atom stereocenters. The van der Waals surface area contributed by atoms with Gasteiger partial charge in [-0.25, -0.2) is 4.98 Å². The molecule has 0 spiro atoms. The van der Waals surface area contributed by atoms with E-state index in [9.17, 15) is 0 Å². The summed E-state index contributed by atoms with van der Waals surface area (Å²) in [4.78, 5) is 4.57. The molecule has 0 aliphatic rings. The van der Waals surface area contributed by atoms with Crippen LogP contribution in [0, 0.1) is 0 Å². The molecule has 1 N–H and O–H groups in total. The lowest BCUT2D eigenvalue weighted by Crippen LogP contribution is -1.99. The number of ether oxygens (including phenoxy) is 1. The van der Waals surface area contributed by atoms with Crippen molar-refractivity contribution in [2.45, 2.75) is 6.61 Å². The number of thiazole rings is 1. The van der Waals surface area contributed by atoms with Crippen molar-refractivity contribution in [1.29, 1.82) is 0 Å². The van der Waals surface area contributed by atoms with Gasteiger partial charge < -0.3 is 4.74 Å². The molecule has 0 amide bonds. The van der Waals surface area contributed by atoms with Crippen molar-refractivity contribution < 1.29 is 4.74 Å². The molecule has 0 radical (unpaired) electrons. The van der Waals surface area contributed by atoms with Crippen LogP contribution in [-0.4, -0.2) is 11.2 Å². The second-order valence-corrected chi connectivity index (χ2v) is 7.52. The second-order valence-electron chi connectivity index (χ2n) is 6.23. The fourth-order valence-electron chi connectivity index (χ4n) is 2.68. The summed E-state index contributed by atoms with van der Waals surface area (Å²) in [5.74, 6) is 0.761. The standard InChI is InChI=1S/C23H18ClN3OS/c24-20-12-10-17(11-13-20)15-28-22-9-5-4-8-19(22)14-25-27-23-26-21(16-29-23)18-6-2-1-3-7-18/h1-14,16H,15H2,(H,26,27)/b25-14+. The molecule has 144 valence electrons. The first-order valence-corrected chi connectivity index (χ1v) is 10.3. The summed E-state index contributed by atoms with van der Waals surface area (Å²) in [7, 11) is 0. The van der Waals surface area contributed by atoms with Crippen molar-refractivity contribution in [3.8, 4) is 17.0 Å². The van der Waals surface area contributed by atoms with E-state index in [1.54, 1.807) is 6.21 Å². The molecule has 0 aliphatic heterocycles. The zero-order chi connectivity index (χ0) is 19.9. The fourth-order valence-corrected chi connectivity index (χ4v) is 3.48. The van der Waals surface area contributed by atoms with Crippen molar-refractivity contribution in [2.75, 3.05) is 5.43 Å². The maximum atomic E-state index is 5.95. The Kier molecular flexibility index (Phi) is 6.19. The summed E-state index contributed by atoms with van der Waals surface area (Å²) in [6.45, 7) is 0.461. The topological polar surface area (TPSA) is 46.5 Å². The summed E-state index contributed by atoms with van der Waals surface area (Å²) in [5.41, 5.74) is 6.95. The van der Waals surface area contributed by atoms with E-state index < -0.39 is 0 Å². The number of nitrogens with one attached hydrogen (secondary N) is 1. The lowest BCUT2D eigenvalue weighted by Gasteiger charge is -2.09. The number of aromatic nitrogens is 1. The molecule has 0 aliphatic carbocycles. The highest BCUT2D eigenvalue weighted by molar-refractivity contribution is 7.14. The highest BCUT2D eigenvalue weighted by Crippen LogP contribution is 2.24. The van der Waals surface area contributed by atoms with Crippen LogP contribution in [0.2, 0.25) is 5.02 Å². The predicted molar refractivity (Wildman–Crippen MR) is 121 cm³/mol. The second kappa shape index (κ2) is 9.37. The fraction of sp³-hybridized carbons (Fsp3) is 0.0435. The minimum Gasteiger partial charge on any atom is -0.488 e. The molecule has 0 saturated carbocycles. The Bertz CT molecular complexity index is 1090. The number of anilines is 1. The van der Waals surface area contributed by atoms with Gasteiger partial charge in [-0.15, -0.1) is 11.3 Å². The number of para-hydroxylation sites is 1. The number of nitrogens with zero attached hydrogens (tertiary/aromatic N) is 2. The Morgan fingerprint density at radius 1 is 0.966 bits per heavy atom. The van der Waals surface area contributed by atoms with Crippen LogP contribution in [0.15, 0.2) is 89.3 Å². The van der Waals surface area contributed by atoms with Crippen LogP contribution >= 0.6 is 22.9 Å². The maximum absolute atomic E-state index is 5.95. The van der Waals surface area contributed by atoms with E-state index in [0.717, 1.165) is 33.3 Å². The van der Waals surface area contributed by atoms with E-state index in [1.807, 2.05) is 84.2 Å². The molecule has 0 saturated heterocycles. The first-order valence-electron chi connectivity index (χ1n) is 9.04. The SMILES string of the molecule is Clc1ccc(COc2ccccc2/C=N/Nc2nc(-c3ccccc3)cs2)cc1. The molecule has 1 aromatic heterocycles. The van der Waals surface area contributed by atoms with Crippen LogP contribution in [0.5, 0.6) is 5.75 Å². The average Bonchev–Trinajstić information content (AvgIpc) is 3.24.